The summed E-state index contributed by atoms with van der Waals surface area (Å²) in [5.74, 6) is 1.43. The fourth-order valence-corrected chi connectivity index (χ4v) is 3.42. The Hall–Kier alpha value is -1.09. The minimum atomic E-state index is 0.317. The predicted octanol–water partition coefficient (Wildman–Crippen LogP) is 3.92. The van der Waals surface area contributed by atoms with Crippen LogP contribution in [0.25, 0.3) is 11.0 Å². The predicted molar refractivity (Wildman–Crippen MR) is 73.8 cm³/mol. The molecule has 0 aromatic carbocycles. The lowest BCUT2D eigenvalue weighted by Crippen LogP contribution is -2.22. The molecule has 4 heteroatoms. The molecule has 96 valence electrons. The first-order valence-corrected chi connectivity index (χ1v) is 7.04. The van der Waals surface area contributed by atoms with Crippen molar-refractivity contribution in [3.05, 3.63) is 24.3 Å². The average molecular weight is 264 g/mol. The number of halogens is 1. The molecule has 18 heavy (non-hydrogen) atoms. The van der Waals surface area contributed by atoms with Gasteiger partial charge < -0.3 is 4.57 Å². The fourth-order valence-electron chi connectivity index (χ4n) is 3.23. The molecule has 1 unspecified atom stereocenters. The van der Waals surface area contributed by atoms with Crippen molar-refractivity contribution in [1.29, 1.82) is 0 Å². The highest BCUT2D eigenvalue weighted by molar-refractivity contribution is 6.16. The van der Waals surface area contributed by atoms with Crippen molar-refractivity contribution in [2.24, 2.45) is 5.41 Å². The Labute approximate surface area is 112 Å². The van der Waals surface area contributed by atoms with Gasteiger partial charge in [-0.2, -0.15) is 0 Å². The van der Waals surface area contributed by atoms with Crippen LogP contribution >= 0.6 is 11.6 Å². The number of rotatable bonds is 2. The summed E-state index contributed by atoms with van der Waals surface area (Å²) in [5, 5.41) is 0. The monoisotopic (exact) mass is 263 g/mol. The van der Waals surface area contributed by atoms with Crippen molar-refractivity contribution in [3.8, 4) is 0 Å². The first-order chi connectivity index (χ1) is 8.63. The molecule has 2 aromatic heterocycles. The van der Waals surface area contributed by atoms with Gasteiger partial charge in [0.05, 0.1) is 17.6 Å². The van der Waals surface area contributed by atoms with Crippen LogP contribution in [0, 0.1) is 5.41 Å². The van der Waals surface area contributed by atoms with Crippen LogP contribution in [0.5, 0.6) is 0 Å². The van der Waals surface area contributed by atoms with Crippen LogP contribution in [-0.2, 0) is 5.88 Å². The van der Waals surface area contributed by atoms with E-state index in [0.717, 1.165) is 11.3 Å². The molecule has 0 spiro atoms. The van der Waals surface area contributed by atoms with Crippen LogP contribution in [0.1, 0.15) is 45.0 Å². The molecule has 2 aromatic rings. The van der Waals surface area contributed by atoms with E-state index in [2.05, 4.69) is 28.4 Å². The smallest absolute Gasteiger partial charge is 0.125 e. The first kappa shape index (κ1) is 12.0. The van der Waals surface area contributed by atoms with E-state index in [1.165, 1.54) is 24.8 Å². The van der Waals surface area contributed by atoms with Crippen LogP contribution in [0.15, 0.2) is 18.5 Å². The van der Waals surface area contributed by atoms with Crippen molar-refractivity contribution in [2.75, 3.05) is 0 Å². The second-order valence-corrected chi connectivity index (χ2v) is 6.06. The lowest BCUT2D eigenvalue weighted by atomic mass is 9.87. The lowest BCUT2D eigenvalue weighted by molar-refractivity contribution is 0.262. The van der Waals surface area contributed by atoms with Crippen LogP contribution in [0.2, 0.25) is 0 Å². The van der Waals surface area contributed by atoms with E-state index < -0.39 is 0 Å². The molecule has 0 amide bonds. The Balaban J connectivity index is 2.21. The molecule has 0 aliphatic heterocycles. The maximum absolute atomic E-state index is 6.07. The molecule has 0 bridgehead atoms. The van der Waals surface area contributed by atoms with Gasteiger partial charge in [0, 0.05) is 12.2 Å². The summed E-state index contributed by atoms with van der Waals surface area (Å²) in [6.45, 7) is 4.69. The normalized spacial score (nSPS) is 22.7. The number of hydrogen-bond acceptors (Lipinski definition) is 2. The zero-order chi connectivity index (χ0) is 12.8. The number of aromatic nitrogens is 3. The molecular formula is C14H18ClN3. The highest BCUT2D eigenvalue weighted by atomic mass is 35.5. The van der Waals surface area contributed by atoms with Crippen molar-refractivity contribution in [2.45, 2.75) is 45.0 Å². The van der Waals surface area contributed by atoms with Gasteiger partial charge in [0.1, 0.15) is 11.3 Å². The number of pyridine rings is 1. The zero-order valence-corrected chi connectivity index (χ0v) is 11.6. The molecular weight excluding hydrogens is 246 g/mol. The number of nitrogens with zero attached hydrogens (tertiary/aromatic N) is 3. The van der Waals surface area contributed by atoms with Crippen molar-refractivity contribution in [1.82, 2.24) is 14.5 Å². The van der Waals surface area contributed by atoms with Gasteiger partial charge in [-0.1, -0.05) is 20.3 Å². The van der Waals surface area contributed by atoms with Gasteiger partial charge in [0.2, 0.25) is 0 Å². The Morgan fingerprint density at radius 1 is 1.50 bits per heavy atom. The fraction of sp³-hybridized carbons (Fsp3) is 0.571. The zero-order valence-electron chi connectivity index (χ0n) is 10.9. The molecule has 1 aliphatic carbocycles. The molecule has 1 atom stereocenters. The number of hydrogen-bond donors (Lipinski definition) is 0. The molecule has 1 aliphatic rings. The van der Waals surface area contributed by atoms with Gasteiger partial charge in [0.25, 0.3) is 0 Å². The average Bonchev–Trinajstić information content (AvgIpc) is 2.88. The topological polar surface area (TPSA) is 30.7 Å². The SMILES string of the molecule is CC1(C)CCCC1n1c(CCl)nc2cnccc21. The Morgan fingerprint density at radius 3 is 3.00 bits per heavy atom. The summed E-state index contributed by atoms with van der Waals surface area (Å²) in [6, 6.07) is 2.55. The standard InChI is InChI=1S/C14H18ClN3/c1-14(2)6-3-4-12(14)18-11-5-7-16-9-10(11)17-13(18)8-15/h5,7,9,12H,3-4,6,8H2,1-2H3. The van der Waals surface area contributed by atoms with E-state index in [4.69, 9.17) is 11.6 Å². The first-order valence-electron chi connectivity index (χ1n) is 6.50. The van der Waals surface area contributed by atoms with Crippen LogP contribution in [0.4, 0.5) is 0 Å². The van der Waals surface area contributed by atoms with Gasteiger partial charge in [0.15, 0.2) is 0 Å². The van der Waals surface area contributed by atoms with Crippen molar-refractivity contribution >= 4 is 22.6 Å². The van der Waals surface area contributed by atoms with Gasteiger partial charge >= 0.3 is 0 Å². The molecule has 1 saturated carbocycles. The molecule has 0 radical (unpaired) electrons. The van der Waals surface area contributed by atoms with Gasteiger partial charge in [-0.15, -0.1) is 11.6 Å². The third-order valence-corrected chi connectivity index (χ3v) is 4.44. The lowest BCUT2D eigenvalue weighted by Gasteiger charge is -2.29. The molecule has 3 nitrogen and oxygen atoms in total. The maximum Gasteiger partial charge on any atom is 0.125 e. The van der Waals surface area contributed by atoms with E-state index >= 15 is 0 Å². The second kappa shape index (κ2) is 4.23. The van der Waals surface area contributed by atoms with Gasteiger partial charge in [-0.05, 0) is 24.3 Å². The molecule has 2 heterocycles. The summed E-state index contributed by atoms with van der Waals surface area (Å²) in [5.41, 5.74) is 2.44. The second-order valence-electron chi connectivity index (χ2n) is 5.79. The van der Waals surface area contributed by atoms with Crippen molar-refractivity contribution in [3.63, 3.8) is 0 Å². The molecule has 0 saturated heterocycles. The Kier molecular flexibility index (Phi) is 2.81. The quantitative estimate of drug-likeness (QED) is 0.769. The van der Waals surface area contributed by atoms with Crippen LogP contribution in [-0.4, -0.2) is 14.5 Å². The molecule has 3 rings (SSSR count). The Morgan fingerprint density at radius 2 is 2.33 bits per heavy atom. The third kappa shape index (κ3) is 1.72. The number of fused-ring (bicyclic) bond motifs is 1. The maximum atomic E-state index is 6.07. The number of alkyl halides is 1. The van der Waals surface area contributed by atoms with E-state index in [9.17, 15) is 0 Å². The summed E-state index contributed by atoms with van der Waals surface area (Å²) in [6.07, 6.45) is 7.42. The largest absolute Gasteiger partial charge is 0.323 e. The number of imidazole rings is 1. The highest BCUT2D eigenvalue weighted by Crippen LogP contribution is 2.47. The summed E-state index contributed by atoms with van der Waals surface area (Å²) >= 11 is 6.07. The van der Waals surface area contributed by atoms with E-state index in [-0.39, 0.29) is 0 Å². The minimum absolute atomic E-state index is 0.317. The summed E-state index contributed by atoms with van der Waals surface area (Å²) in [7, 11) is 0. The van der Waals surface area contributed by atoms with Crippen molar-refractivity contribution < 1.29 is 0 Å². The molecule has 0 N–H and O–H groups in total. The van der Waals surface area contributed by atoms with E-state index in [1.807, 2.05) is 18.5 Å². The minimum Gasteiger partial charge on any atom is -0.323 e. The van der Waals surface area contributed by atoms with E-state index in [0.29, 0.717) is 17.3 Å². The molecule has 1 fully saturated rings. The summed E-state index contributed by atoms with van der Waals surface area (Å²) in [4.78, 5) is 8.76. The summed E-state index contributed by atoms with van der Waals surface area (Å²) < 4.78 is 2.34. The third-order valence-electron chi connectivity index (χ3n) is 4.20. The van der Waals surface area contributed by atoms with Crippen LogP contribution < -0.4 is 0 Å². The van der Waals surface area contributed by atoms with Crippen LogP contribution in [0.3, 0.4) is 0 Å². The van der Waals surface area contributed by atoms with E-state index in [1.54, 1.807) is 0 Å². The van der Waals surface area contributed by atoms with Gasteiger partial charge in [-0.3, -0.25) is 4.98 Å². The highest BCUT2D eigenvalue weighted by Gasteiger charge is 2.37. The van der Waals surface area contributed by atoms with Gasteiger partial charge in [-0.25, -0.2) is 4.98 Å². The Bertz CT molecular complexity index is 573.